The molecule has 0 bridgehead atoms. The lowest BCUT2D eigenvalue weighted by atomic mass is 10.1. The number of hydrogen-bond acceptors (Lipinski definition) is 4. The van der Waals surface area contributed by atoms with Gasteiger partial charge >= 0.3 is 12.1 Å². The second-order valence-corrected chi connectivity index (χ2v) is 4.53. The van der Waals surface area contributed by atoms with Crippen molar-refractivity contribution in [1.29, 1.82) is 5.26 Å². The van der Waals surface area contributed by atoms with E-state index in [9.17, 15) is 18.0 Å². The van der Waals surface area contributed by atoms with Crippen LogP contribution in [0.2, 0.25) is 0 Å². The SMILES string of the molecule is N#Cc1ccc(C(=O)N2CCNCC2)cc1.O=C(O)C(F)(F)F. The summed E-state index contributed by atoms with van der Waals surface area (Å²) in [5.41, 5.74) is 1.23. The van der Waals surface area contributed by atoms with E-state index in [1.165, 1.54) is 0 Å². The summed E-state index contributed by atoms with van der Waals surface area (Å²) in [7, 11) is 0. The van der Waals surface area contributed by atoms with Crippen LogP contribution in [0, 0.1) is 11.3 Å². The monoisotopic (exact) mass is 329 g/mol. The average Bonchev–Trinajstić information content (AvgIpc) is 2.55. The first kappa shape index (κ1) is 18.4. The highest BCUT2D eigenvalue weighted by Gasteiger charge is 2.38. The number of carboxylic acid groups (broad SMARTS) is 1. The quantitative estimate of drug-likeness (QED) is 0.808. The van der Waals surface area contributed by atoms with Gasteiger partial charge in [0.15, 0.2) is 0 Å². The van der Waals surface area contributed by atoms with Gasteiger partial charge in [-0.15, -0.1) is 0 Å². The van der Waals surface area contributed by atoms with Crippen LogP contribution in [0.4, 0.5) is 13.2 Å². The van der Waals surface area contributed by atoms with E-state index in [4.69, 9.17) is 15.2 Å². The van der Waals surface area contributed by atoms with E-state index < -0.39 is 12.1 Å². The molecule has 0 radical (unpaired) electrons. The van der Waals surface area contributed by atoms with Crippen molar-refractivity contribution in [3.63, 3.8) is 0 Å². The summed E-state index contributed by atoms with van der Waals surface area (Å²) in [5, 5.41) is 19.0. The van der Waals surface area contributed by atoms with Crippen LogP contribution >= 0.6 is 0 Å². The van der Waals surface area contributed by atoms with Crippen molar-refractivity contribution in [3.8, 4) is 6.07 Å². The van der Waals surface area contributed by atoms with Crippen LogP contribution in [0.1, 0.15) is 15.9 Å². The summed E-state index contributed by atoms with van der Waals surface area (Å²) in [6.45, 7) is 3.20. The van der Waals surface area contributed by atoms with Crippen LogP contribution in [-0.2, 0) is 4.79 Å². The van der Waals surface area contributed by atoms with E-state index in [0.29, 0.717) is 11.1 Å². The van der Waals surface area contributed by atoms with Gasteiger partial charge in [-0.1, -0.05) is 0 Å². The molecule has 9 heteroatoms. The van der Waals surface area contributed by atoms with Crippen molar-refractivity contribution in [1.82, 2.24) is 10.2 Å². The molecule has 1 aliphatic heterocycles. The summed E-state index contributed by atoms with van der Waals surface area (Å²) in [5.74, 6) is -2.71. The fourth-order valence-corrected chi connectivity index (χ4v) is 1.74. The molecule has 23 heavy (non-hydrogen) atoms. The minimum atomic E-state index is -5.08. The van der Waals surface area contributed by atoms with Crippen LogP contribution in [0.5, 0.6) is 0 Å². The third kappa shape index (κ3) is 5.96. The standard InChI is InChI=1S/C12H13N3O.C2HF3O2/c13-9-10-1-3-11(4-2-10)12(16)15-7-5-14-6-8-15;3-2(4,5)1(6)7/h1-4,14H,5-8H2;(H,6,7). The molecule has 2 N–H and O–H groups in total. The Morgan fingerprint density at radius 3 is 2.04 bits per heavy atom. The Morgan fingerprint density at radius 2 is 1.65 bits per heavy atom. The van der Waals surface area contributed by atoms with E-state index >= 15 is 0 Å². The van der Waals surface area contributed by atoms with E-state index in [1.807, 2.05) is 11.0 Å². The van der Waals surface area contributed by atoms with Gasteiger partial charge in [0.25, 0.3) is 5.91 Å². The van der Waals surface area contributed by atoms with Gasteiger partial charge in [-0.3, -0.25) is 4.79 Å². The first-order valence-electron chi connectivity index (χ1n) is 6.56. The third-order valence-corrected chi connectivity index (χ3v) is 2.91. The Bertz CT molecular complexity index is 588. The van der Waals surface area contributed by atoms with Crippen LogP contribution in [0.25, 0.3) is 0 Å². The lowest BCUT2D eigenvalue weighted by Gasteiger charge is -2.27. The molecule has 124 valence electrons. The van der Waals surface area contributed by atoms with Gasteiger partial charge in [-0.25, -0.2) is 4.79 Å². The zero-order chi connectivity index (χ0) is 17.5. The summed E-state index contributed by atoms with van der Waals surface area (Å²) in [6, 6.07) is 8.81. The Kier molecular flexibility index (Phi) is 6.53. The molecule has 1 aliphatic rings. The molecular formula is C14H14F3N3O3. The molecule has 1 amide bonds. The Hall–Kier alpha value is -2.60. The number of piperazine rings is 1. The molecule has 0 aromatic heterocycles. The molecule has 6 nitrogen and oxygen atoms in total. The zero-order valence-corrected chi connectivity index (χ0v) is 11.9. The van der Waals surface area contributed by atoms with Gasteiger partial charge < -0.3 is 15.3 Å². The maximum absolute atomic E-state index is 12.0. The second-order valence-electron chi connectivity index (χ2n) is 4.53. The zero-order valence-electron chi connectivity index (χ0n) is 11.9. The summed E-state index contributed by atoms with van der Waals surface area (Å²) < 4.78 is 31.7. The number of rotatable bonds is 1. The molecule has 1 heterocycles. The number of alkyl halides is 3. The fourth-order valence-electron chi connectivity index (χ4n) is 1.74. The maximum Gasteiger partial charge on any atom is 0.490 e. The number of aliphatic carboxylic acids is 1. The van der Waals surface area contributed by atoms with Gasteiger partial charge in [0.05, 0.1) is 11.6 Å². The lowest BCUT2D eigenvalue weighted by molar-refractivity contribution is -0.192. The minimum Gasteiger partial charge on any atom is -0.475 e. The molecular weight excluding hydrogens is 315 g/mol. The maximum atomic E-state index is 12.0. The van der Waals surface area contributed by atoms with E-state index in [2.05, 4.69) is 5.32 Å². The van der Waals surface area contributed by atoms with Crippen molar-refractivity contribution in [2.75, 3.05) is 26.2 Å². The van der Waals surface area contributed by atoms with Gasteiger partial charge in [-0.2, -0.15) is 18.4 Å². The lowest BCUT2D eigenvalue weighted by Crippen LogP contribution is -2.46. The largest absolute Gasteiger partial charge is 0.490 e. The van der Waals surface area contributed by atoms with Crippen molar-refractivity contribution >= 4 is 11.9 Å². The molecule has 1 saturated heterocycles. The van der Waals surface area contributed by atoms with Crippen LogP contribution in [0.15, 0.2) is 24.3 Å². The van der Waals surface area contributed by atoms with Crippen molar-refractivity contribution < 1.29 is 27.9 Å². The highest BCUT2D eigenvalue weighted by atomic mass is 19.4. The predicted molar refractivity (Wildman–Crippen MR) is 73.6 cm³/mol. The normalized spacial score (nSPS) is 14.3. The van der Waals surface area contributed by atoms with Gasteiger partial charge in [0.2, 0.25) is 0 Å². The minimum absolute atomic E-state index is 0.0472. The van der Waals surface area contributed by atoms with Crippen LogP contribution < -0.4 is 5.32 Å². The van der Waals surface area contributed by atoms with E-state index in [1.54, 1.807) is 24.3 Å². The van der Waals surface area contributed by atoms with Gasteiger partial charge in [0.1, 0.15) is 0 Å². The average molecular weight is 329 g/mol. The van der Waals surface area contributed by atoms with Crippen molar-refractivity contribution in [2.24, 2.45) is 0 Å². The number of nitrogens with zero attached hydrogens (tertiary/aromatic N) is 2. The number of benzene rings is 1. The molecule has 0 spiro atoms. The Morgan fingerprint density at radius 1 is 1.17 bits per heavy atom. The topological polar surface area (TPSA) is 93.4 Å². The van der Waals surface area contributed by atoms with E-state index in [-0.39, 0.29) is 5.91 Å². The third-order valence-electron chi connectivity index (χ3n) is 2.91. The number of carbonyl (C=O) groups excluding carboxylic acids is 1. The smallest absolute Gasteiger partial charge is 0.475 e. The highest BCUT2D eigenvalue weighted by molar-refractivity contribution is 5.94. The second kappa shape index (κ2) is 8.14. The number of halogens is 3. The number of carboxylic acids is 1. The molecule has 1 aromatic rings. The Labute approximate surface area is 130 Å². The fraction of sp³-hybridized carbons (Fsp3) is 0.357. The first-order valence-corrected chi connectivity index (χ1v) is 6.56. The number of nitriles is 1. The summed E-state index contributed by atoms with van der Waals surface area (Å²) in [4.78, 5) is 22.7. The molecule has 0 atom stereocenters. The van der Waals surface area contributed by atoms with Gasteiger partial charge in [0, 0.05) is 31.7 Å². The number of amides is 1. The van der Waals surface area contributed by atoms with Crippen LogP contribution in [-0.4, -0.2) is 54.2 Å². The molecule has 1 aromatic carbocycles. The van der Waals surface area contributed by atoms with Crippen molar-refractivity contribution in [3.05, 3.63) is 35.4 Å². The number of nitrogens with one attached hydrogen (secondary N) is 1. The van der Waals surface area contributed by atoms with Crippen LogP contribution in [0.3, 0.4) is 0 Å². The first-order chi connectivity index (χ1) is 10.8. The summed E-state index contributed by atoms with van der Waals surface area (Å²) in [6.07, 6.45) is -5.08. The number of hydrogen-bond donors (Lipinski definition) is 2. The van der Waals surface area contributed by atoms with E-state index in [0.717, 1.165) is 26.2 Å². The molecule has 0 unspecified atom stereocenters. The number of carbonyl (C=O) groups is 2. The predicted octanol–water partition coefficient (Wildman–Crippen LogP) is 1.24. The molecule has 2 rings (SSSR count). The highest BCUT2D eigenvalue weighted by Crippen LogP contribution is 2.13. The Balaban J connectivity index is 0.000000322. The molecule has 0 saturated carbocycles. The van der Waals surface area contributed by atoms with Gasteiger partial charge in [-0.05, 0) is 24.3 Å². The van der Waals surface area contributed by atoms with Crippen molar-refractivity contribution in [2.45, 2.75) is 6.18 Å². The molecule has 1 fully saturated rings. The molecule has 0 aliphatic carbocycles. The summed E-state index contributed by atoms with van der Waals surface area (Å²) >= 11 is 0.